The minimum absolute atomic E-state index is 0.163. The van der Waals surface area contributed by atoms with Gasteiger partial charge in [-0.05, 0) is 78.4 Å². The number of rotatable bonds is 7. The van der Waals surface area contributed by atoms with Gasteiger partial charge in [0.15, 0.2) is 42.0 Å². The van der Waals surface area contributed by atoms with E-state index in [0.29, 0.717) is 13.0 Å². The molecular formula is C39H57N7O15. The lowest BCUT2D eigenvalue weighted by atomic mass is 10.0. The van der Waals surface area contributed by atoms with Crippen molar-refractivity contribution in [2.75, 3.05) is 13.2 Å². The van der Waals surface area contributed by atoms with E-state index < -0.39 is 115 Å². The van der Waals surface area contributed by atoms with E-state index in [-0.39, 0.29) is 19.3 Å². The molecule has 8 heterocycles. The van der Waals surface area contributed by atoms with E-state index in [1.54, 1.807) is 41.5 Å². The molecule has 1 aromatic carbocycles. The van der Waals surface area contributed by atoms with Crippen molar-refractivity contribution in [3.05, 3.63) is 56.8 Å². The summed E-state index contributed by atoms with van der Waals surface area (Å²) in [6.45, 7) is 17.0. The van der Waals surface area contributed by atoms with E-state index in [9.17, 15) is 15.0 Å². The molecule has 22 heteroatoms. The number of ether oxygens (including phenoxy) is 12. The first-order valence-electron chi connectivity index (χ1n) is 20.5. The summed E-state index contributed by atoms with van der Waals surface area (Å²) < 4.78 is 68.1. The van der Waals surface area contributed by atoms with Crippen LogP contribution in [0.25, 0.3) is 20.9 Å². The highest BCUT2D eigenvalue weighted by atomic mass is 16.9. The smallest absolute Gasteiger partial charge is 0.410 e. The van der Waals surface area contributed by atoms with E-state index in [1.165, 1.54) is 4.90 Å². The topological polar surface area (TPSA) is 269 Å². The van der Waals surface area contributed by atoms with Gasteiger partial charge in [-0.1, -0.05) is 47.5 Å². The van der Waals surface area contributed by atoms with Crippen LogP contribution in [0.2, 0.25) is 0 Å². The van der Waals surface area contributed by atoms with Gasteiger partial charge in [0.25, 0.3) is 0 Å². The van der Waals surface area contributed by atoms with Crippen molar-refractivity contribution in [3.63, 3.8) is 0 Å². The molecule has 0 radical (unpaired) electrons. The van der Waals surface area contributed by atoms with Crippen LogP contribution in [0.3, 0.4) is 0 Å². The first-order chi connectivity index (χ1) is 28.7. The van der Waals surface area contributed by atoms with Crippen molar-refractivity contribution in [2.24, 2.45) is 10.2 Å². The Balaban J connectivity index is 0.000000140. The normalized spacial score (nSPS) is 40.5. The zero-order valence-electron chi connectivity index (χ0n) is 35.7. The van der Waals surface area contributed by atoms with Gasteiger partial charge in [-0.2, -0.15) is 0 Å². The number of β-amino-alcohol motifs (C(OH)–C–C–N with tert-alkyl or cyclic N) is 1. The van der Waals surface area contributed by atoms with Crippen LogP contribution in [0.1, 0.15) is 74.3 Å². The maximum Gasteiger partial charge on any atom is 0.410 e. The van der Waals surface area contributed by atoms with Crippen molar-refractivity contribution >= 4 is 6.09 Å². The molecule has 9 rings (SSSR count). The second kappa shape index (κ2) is 17.6. The lowest BCUT2D eigenvalue weighted by molar-refractivity contribution is -0.222. The quantitative estimate of drug-likeness (QED) is 0.220. The van der Waals surface area contributed by atoms with Crippen LogP contribution in [0.15, 0.2) is 40.6 Å². The number of likely N-dealkylation sites (tertiary alicyclic amines) is 1. The monoisotopic (exact) mass is 863 g/mol. The zero-order valence-corrected chi connectivity index (χ0v) is 35.7. The summed E-state index contributed by atoms with van der Waals surface area (Å²) in [4.78, 5) is 19.7. The molecule has 8 aliphatic rings. The number of aliphatic hydroxyl groups is 2. The molecule has 0 spiro atoms. The molecule has 8 saturated heterocycles. The molecule has 1 amide bonds. The van der Waals surface area contributed by atoms with Crippen LogP contribution in [-0.4, -0.2) is 149 Å². The highest BCUT2D eigenvalue weighted by Crippen LogP contribution is 2.45. The Morgan fingerprint density at radius 3 is 1.89 bits per heavy atom. The van der Waals surface area contributed by atoms with Crippen LogP contribution >= 0.6 is 0 Å². The summed E-state index contributed by atoms with van der Waals surface area (Å²) in [5.74, 6) is -2.92. The minimum Gasteiger partial charge on any atom is -0.445 e. The van der Waals surface area contributed by atoms with Gasteiger partial charge >= 0.3 is 6.09 Å². The molecule has 1 aromatic rings. The number of azide groups is 2. The fourth-order valence-electron chi connectivity index (χ4n) is 8.76. The van der Waals surface area contributed by atoms with Gasteiger partial charge < -0.3 is 67.1 Å². The van der Waals surface area contributed by atoms with Crippen molar-refractivity contribution in [2.45, 2.75) is 190 Å². The fourth-order valence-corrected chi connectivity index (χ4v) is 8.76. The molecule has 61 heavy (non-hydrogen) atoms. The second-order valence-corrected chi connectivity index (χ2v) is 17.7. The highest BCUT2D eigenvalue weighted by molar-refractivity contribution is 5.69. The average molecular weight is 864 g/mol. The molecule has 15 atom stereocenters. The first kappa shape index (κ1) is 45.6. The summed E-state index contributed by atoms with van der Waals surface area (Å²) >= 11 is 0. The Hall–Kier alpha value is -3.41. The van der Waals surface area contributed by atoms with E-state index >= 15 is 0 Å². The summed E-state index contributed by atoms with van der Waals surface area (Å²) in [5.41, 5.74) is 18.3. The molecule has 1 unspecified atom stereocenters. The zero-order chi connectivity index (χ0) is 44.1. The number of aliphatic hydroxyl groups excluding tert-OH is 2. The SMILES string of the molecule is CC1(C)O[C@H]2O[C@@H]([C@H]3COC(C)(C)O3)[C@@H](N=[N+]=[N-])[C@H]2O1.CC1(C)O[C@H]2O[C@@H]3C([C@H]2O1)N(C(=O)OCc1ccccc1)C[C@H]3O.CC[C@@H](O)[C@@H]1O[C@@H]2OC(C)(C)O[C@@H]2[C@@H]1N=[N+]=[N-]. The maximum absolute atomic E-state index is 12.5. The van der Waals surface area contributed by atoms with Crippen LogP contribution in [0.4, 0.5) is 4.79 Å². The van der Waals surface area contributed by atoms with Crippen LogP contribution in [0, 0.1) is 0 Å². The van der Waals surface area contributed by atoms with Crippen molar-refractivity contribution < 1.29 is 71.8 Å². The number of amides is 1. The third-order valence-electron chi connectivity index (χ3n) is 11.3. The average Bonchev–Trinajstić information content (AvgIpc) is 4.07. The predicted molar refractivity (Wildman–Crippen MR) is 206 cm³/mol. The summed E-state index contributed by atoms with van der Waals surface area (Å²) in [6.07, 6.45) is -6.24. The second-order valence-electron chi connectivity index (χ2n) is 17.7. The van der Waals surface area contributed by atoms with Gasteiger partial charge in [0.1, 0.15) is 49.3 Å². The number of carbonyl (C=O) groups is 1. The highest BCUT2D eigenvalue weighted by Gasteiger charge is 2.63. The molecule has 2 N–H and O–H groups in total. The van der Waals surface area contributed by atoms with Crippen molar-refractivity contribution in [1.29, 1.82) is 0 Å². The summed E-state index contributed by atoms with van der Waals surface area (Å²) in [7, 11) is 0. The Kier molecular flexibility index (Phi) is 13.2. The van der Waals surface area contributed by atoms with Crippen LogP contribution in [-0.2, 0) is 63.4 Å². The molecule has 0 bridgehead atoms. The number of hydrogen-bond acceptors (Lipinski definition) is 17. The maximum atomic E-state index is 12.5. The lowest BCUT2D eigenvalue weighted by Gasteiger charge is -2.27. The third-order valence-corrected chi connectivity index (χ3v) is 11.3. The molecule has 0 saturated carbocycles. The van der Waals surface area contributed by atoms with Gasteiger partial charge in [-0.3, -0.25) is 4.90 Å². The fraction of sp³-hybridized carbons (Fsp3) is 0.821. The Morgan fingerprint density at radius 1 is 0.770 bits per heavy atom. The number of fused-ring (bicyclic) bond motifs is 5. The van der Waals surface area contributed by atoms with Gasteiger partial charge in [-0.15, -0.1) is 0 Å². The molecule has 8 aliphatic heterocycles. The Labute approximate surface area is 353 Å². The number of nitrogens with zero attached hydrogens (tertiary/aromatic N) is 7. The van der Waals surface area contributed by atoms with Crippen molar-refractivity contribution in [1.82, 2.24) is 4.90 Å². The number of benzene rings is 1. The molecule has 0 aromatic heterocycles. The number of hydrogen-bond donors (Lipinski definition) is 2. The molecule has 8 fully saturated rings. The Bertz CT molecular complexity index is 1810. The lowest BCUT2D eigenvalue weighted by Crippen LogP contribution is -2.46. The molecule has 338 valence electrons. The first-order valence-corrected chi connectivity index (χ1v) is 20.5. The van der Waals surface area contributed by atoms with E-state index in [1.807, 2.05) is 51.1 Å². The van der Waals surface area contributed by atoms with Crippen LogP contribution in [0.5, 0.6) is 0 Å². The summed E-state index contributed by atoms with van der Waals surface area (Å²) in [5, 5.41) is 27.5. The predicted octanol–water partition coefficient (Wildman–Crippen LogP) is 4.25. The van der Waals surface area contributed by atoms with E-state index in [0.717, 1.165) is 5.56 Å². The van der Waals surface area contributed by atoms with Gasteiger partial charge in [-0.25, -0.2) is 4.79 Å². The number of carbonyl (C=O) groups excluding carboxylic acids is 1. The third kappa shape index (κ3) is 9.89. The molecule has 0 aliphatic carbocycles. The standard InChI is InChI=1S/C17H21NO6.C12H19N3O5.C10H17N3O4/c1-17(2)23-14-12-13(22-15(14)24-17)11(19)8-18(12)16(20)21-9-10-6-4-3-5-7-10;1-11(2)16-5-6(18-11)8-7(14-15-13)9-10(17-8)20-12(3,4)19-9;1-4-5(14)7-6(12-13-11)8-9(15-7)17-10(2,3)16-8/h3-7,11-15,19H,8-9H2,1-2H3;6-10H,5H2,1-4H3;5-9,14H,4H2,1-3H3/t11-,12?,13+,14-,15-;6-,7-,8+,9-,10-;5-,6-,7+,8-,9-/m111/s1. The van der Waals surface area contributed by atoms with Gasteiger partial charge in [0.2, 0.25) is 0 Å². The molecule has 22 nitrogen and oxygen atoms in total. The van der Waals surface area contributed by atoms with Crippen LogP contribution < -0.4 is 0 Å². The van der Waals surface area contributed by atoms with Crippen molar-refractivity contribution in [3.8, 4) is 0 Å². The summed E-state index contributed by atoms with van der Waals surface area (Å²) in [6, 6.07) is 8.01. The molecular weight excluding hydrogens is 806 g/mol. The largest absolute Gasteiger partial charge is 0.445 e. The van der Waals surface area contributed by atoms with E-state index in [2.05, 4.69) is 20.1 Å². The minimum atomic E-state index is -0.778. The van der Waals surface area contributed by atoms with Gasteiger partial charge in [0, 0.05) is 9.82 Å². The van der Waals surface area contributed by atoms with Gasteiger partial charge in [0.05, 0.1) is 43.5 Å². The Morgan fingerprint density at radius 2 is 1.31 bits per heavy atom. The van der Waals surface area contributed by atoms with E-state index in [4.69, 9.17) is 67.9 Å².